The molecule has 0 unspecified atom stereocenters. The number of anilines is 2. The Kier molecular flexibility index (Phi) is 7.33. The van der Waals surface area contributed by atoms with Gasteiger partial charge in [-0.1, -0.05) is 17.7 Å². The molecule has 3 aromatic rings. The summed E-state index contributed by atoms with van der Waals surface area (Å²) in [5, 5.41) is 19.8. The molecular formula is C21H23Cl2N7O. The first kappa shape index (κ1) is 22.8. The van der Waals surface area contributed by atoms with Crippen LogP contribution in [0.3, 0.4) is 0 Å². The molecule has 0 aliphatic carbocycles. The summed E-state index contributed by atoms with van der Waals surface area (Å²) in [5.74, 6) is 2.14. The fraction of sp³-hybridized carbons (Fsp3) is 0.333. The zero-order valence-electron chi connectivity index (χ0n) is 17.2. The molecule has 0 atom stereocenters. The van der Waals surface area contributed by atoms with Gasteiger partial charge in [-0.25, -0.2) is 9.97 Å². The molecule has 1 aliphatic heterocycles. The summed E-state index contributed by atoms with van der Waals surface area (Å²) in [7, 11) is 3.78. The summed E-state index contributed by atoms with van der Waals surface area (Å²) in [5.41, 5.74) is 3.00. The largest absolute Gasteiger partial charge is 0.494 e. The van der Waals surface area contributed by atoms with Gasteiger partial charge in [-0.2, -0.15) is 10.4 Å². The first-order valence-corrected chi connectivity index (χ1v) is 10.1. The summed E-state index contributed by atoms with van der Waals surface area (Å²) in [4.78, 5) is 10.5. The second-order valence-corrected chi connectivity index (χ2v) is 7.70. The molecule has 2 N–H and O–H groups in total. The van der Waals surface area contributed by atoms with Gasteiger partial charge in [0.05, 0.1) is 30.2 Å². The Balaban J connectivity index is 0.00000272. The average molecular weight is 460 g/mol. The summed E-state index contributed by atoms with van der Waals surface area (Å²) in [6.07, 6.45) is 5.06. The van der Waals surface area contributed by atoms with E-state index in [-0.39, 0.29) is 18.1 Å². The van der Waals surface area contributed by atoms with Crippen molar-refractivity contribution in [3.05, 3.63) is 46.9 Å². The number of benzene rings is 1. The van der Waals surface area contributed by atoms with Crippen LogP contribution in [0.2, 0.25) is 5.02 Å². The fourth-order valence-corrected chi connectivity index (χ4v) is 4.12. The molecule has 0 saturated carbocycles. The lowest BCUT2D eigenvalue weighted by molar-refractivity contribution is 0.255. The lowest BCUT2D eigenvalue weighted by Gasteiger charge is -2.30. The number of nitriles is 1. The molecule has 31 heavy (non-hydrogen) atoms. The Hall–Kier alpha value is -2.86. The Labute approximate surface area is 192 Å². The summed E-state index contributed by atoms with van der Waals surface area (Å²) >= 11 is 6.77. The lowest BCUT2D eigenvalue weighted by atomic mass is 9.88. The van der Waals surface area contributed by atoms with Gasteiger partial charge in [0.2, 0.25) is 0 Å². The van der Waals surface area contributed by atoms with Crippen LogP contribution < -0.4 is 10.1 Å². The van der Waals surface area contributed by atoms with Crippen molar-refractivity contribution >= 4 is 35.6 Å². The number of likely N-dealkylation sites (tertiary alicyclic amines) is 1. The van der Waals surface area contributed by atoms with E-state index >= 15 is 0 Å². The highest BCUT2D eigenvalue weighted by Gasteiger charge is 2.24. The van der Waals surface area contributed by atoms with Crippen molar-refractivity contribution in [3.63, 3.8) is 0 Å². The van der Waals surface area contributed by atoms with Crippen LogP contribution >= 0.6 is 24.0 Å². The predicted octanol–water partition coefficient (Wildman–Crippen LogP) is 4.37. The van der Waals surface area contributed by atoms with Crippen molar-refractivity contribution in [3.8, 4) is 23.1 Å². The van der Waals surface area contributed by atoms with Crippen LogP contribution in [0.1, 0.15) is 30.0 Å². The van der Waals surface area contributed by atoms with E-state index in [2.05, 4.69) is 43.5 Å². The number of hydrogen-bond acceptors (Lipinski definition) is 7. The minimum absolute atomic E-state index is 0. The van der Waals surface area contributed by atoms with E-state index in [1.807, 2.05) is 18.2 Å². The van der Waals surface area contributed by atoms with Crippen molar-refractivity contribution < 1.29 is 4.74 Å². The maximum Gasteiger partial charge on any atom is 0.158 e. The lowest BCUT2D eigenvalue weighted by Crippen LogP contribution is -2.29. The Morgan fingerprint density at radius 3 is 2.65 bits per heavy atom. The molecule has 0 radical (unpaired) electrons. The number of hydrogen-bond donors (Lipinski definition) is 2. The van der Waals surface area contributed by atoms with E-state index < -0.39 is 0 Å². The van der Waals surface area contributed by atoms with Crippen molar-refractivity contribution in [1.29, 1.82) is 5.26 Å². The molecule has 1 aromatic carbocycles. The molecular weight excluding hydrogens is 437 g/mol. The standard InChI is InChI=1S/C21H22ClN7O.ClH/c1-29-7-5-13(6-8-29)15-3-4-16(21(30-2)20(15)22)17-9-18(28-27-17)26-19-12-24-14(10-23)11-25-19;/h3-4,9,11-13H,5-8H2,1-2H3,(H2,25,26,27,28);1H. The Bertz CT molecular complexity index is 1070. The van der Waals surface area contributed by atoms with E-state index in [4.69, 9.17) is 21.6 Å². The van der Waals surface area contributed by atoms with Crippen LogP contribution in [0, 0.1) is 11.3 Å². The second-order valence-electron chi connectivity index (χ2n) is 7.32. The third kappa shape index (κ3) is 4.90. The SMILES string of the molecule is COc1c(-c2cc(Nc3cnc(C#N)cn3)n[nH]2)ccc(C2CCN(C)CC2)c1Cl.Cl. The number of rotatable bonds is 5. The normalized spacial score (nSPS) is 14.5. The molecule has 1 aliphatic rings. The number of H-pyrrole nitrogens is 1. The van der Waals surface area contributed by atoms with Gasteiger partial charge in [0.15, 0.2) is 11.5 Å². The summed E-state index contributed by atoms with van der Waals surface area (Å²) in [6.45, 7) is 2.14. The highest BCUT2D eigenvalue weighted by molar-refractivity contribution is 6.33. The van der Waals surface area contributed by atoms with E-state index in [1.165, 1.54) is 12.4 Å². The van der Waals surface area contributed by atoms with Gasteiger partial charge < -0.3 is 15.0 Å². The maximum atomic E-state index is 8.82. The first-order chi connectivity index (χ1) is 14.6. The number of methoxy groups -OCH3 is 1. The van der Waals surface area contributed by atoms with Crippen molar-refractivity contribution in [2.45, 2.75) is 18.8 Å². The van der Waals surface area contributed by atoms with Crippen molar-refractivity contribution in [2.75, 3.05) is 32.6 Å². The Morgan fingerprint density at radius 1 is 1.23 bits per heavy atom. The Morgan fingerprint density at radius 2 is 2.00 bits per heavy atom. The molecule has 3 heterocycles. The van der Waals surface area contributed by atoms with E-state index in [1.54, 1.807) is 7.11 Å². The number of halogens is 2. The van der Waals surface area contributed by atoms with Gasteiger partial charge in [-0.05, 0) is 50.5 Å². The maximum absolute atomic E-state index is 8.82. The van der Waals surface area contributed by atoms with Gasteiger partial charge in [0.1, 0.15) is 17.6 Å². The van der Waals surface area contributed by atoms with Crippen LogP contribution in [0.4, 0.5) is 11.6 Å². The monoisotopic (exact) mass is 459 g/mol. The van der Waals surface area contributed by atoms with Gasteiger partial charge in [-0.15, -0.1) is 12.4 Å². The van der Waals surface area contributed by atoms with Gasteiger partial charge in [0, 0.05) is 11.6 Å². The van der Waals surface area contributed by atoms with Gasteiger partial charge in [-0.3, -0.25) is 5.10 Å². The number of aromatic nitrogens is 4. The van der Waals surface area contributed by atoms with Gasteiger partial charge in [0.25, 0.3) is 0 Å². The van der Waals surface area contributed by atoms with Crippen LogP contribution in [0.15, 0.2) is 30.6 Å². The second kappa shape index (κ2) is 9.96. The van der Waals surface area contributed by atoms with Crippen LogP contribution in [-0.2, 0) is 0 Å². The zero-order chi connectivity index (χ0) is 21.1. The molecule has 0 bridgehead atoms. The zero-order valence-corrected chi connectivity index (χ0v) is 18.8. The number of nitrogens with zero attached hydrogens (tertiary/aromatic N) is 5. The molecule has 2 aromatic heterocycles. The molecule has 10 heteroatoms. The highest BCUT2D eigenvalue weighted by atomic mass is 35.5. The number of aromatic amines is 1. The van der Waals surface area contributed by atoms with Crippen LogP contribution in [0.5, 0.6) is 5.75 Å². The van der Waals surface area contributed by atoms with E-state index in [0.29, 0.717) is 28.3 Å². The minimum atomic E-state index is 0. The minimum Gasteiger partial charge on any atom is -0.494 e. The summed E-state index contributed by atoms with van der Waals surface area (Å²) < 4.78 is 5.67. The van der Waals surface area contributed by atoms with Crippen molar-refractivity contribution in [2.24, 2.45) is 0 Å². The fourth-order valence-electron chi connectivity index (χ4n) is 3.72. The molecule has 162 valence electrons. The van der Waals surface area contributed by atoms with E-state index in [0.717, 1.165) is 42.8 Å². The van der Waals surface area contributed by atoms with E-state index in [9.17, 15) is 0 Å². The molecule has 1 fully saturated rings. The molecule has 0 amide bonds. The number of nitrogens with one attached hydrogen (secondary N) is 2. The summed E-state index contributed by atoms with van der Waals surface area (Å²) in [6, 6.07) is 7.91. The number of piperidine rings is 1. The van der Waals surface area contributed by atoms with Crippen molar-refractivity contribution in [1.82, 2.24) is 25.1 Å². The molecule has 0 spiro atoms. The smallest absolute Gasteiger partial charge is 0.158 e. The number of ether oxygens (including phenoxy) is 1. The van der Waals surface area contributed by atoms with Crippen LogP contribution in [-0.4, -0.2) is 52.3 Å². The molecule has 8 nitrogen and oxygen atoms in total. The molecule has 1 saturated heterocycles. The average Bonchev–Trinajstić information content (AvgIpc) is 3.23. The third-order valence-corrected chi connectivity index (χ3v) is 5.77. The highest BCUT2D eigenvalue weighted by Crippen LogP contribution is 2.43. The quantitative estimate of drug-likeness (QED) is 0.583. The third-order valence-electron chi connectivity index (χ3n) is 5.38. The van der Waals surface area contributed by atoms with Gasteiger partial charge >= 0.3 is 0 Å². The first-order valence-electron chi connectivity index (χ1n) is 9.69. The topological polar surface area (TPSA) is 103 Å². The van der Waals surface area contributed by atoms with Crippen LogP contribution in [0.25, 0.3) is 11.3 Å². The predicted molar refractivity (Wildman–Crippen MR) is 122 cm³/mol. The molecule has 4 rings (SSSR count).